The van der Waals surface area contributed by atoms with Crippen LogP contribution in [0, 0.1) is 0 Å². The lowest BCUT2D eigenvalue weighted by Crippen LogP contribution is -2.16. The third-order valence-corrected chi connectivity index (χ3v) is 5.73. The van der Waals surface area contributed by atoms with Gasteiger partial charge in [0, 0.05) is 11.3 Å². The molecule has 1 aromatic heterocycles. The molecule has 0 saturated carbocycles. The Balaban J connectivity index is 1.71. The first-order valence-electron chi connectivity index (χ1n) is 10.2. The van der Waals surface area contributed by atoms with E-state index < -0.39 is 0 Å². The molecule has 0 radical (unpaired) electrons. The van der Waals surface area contributed by atoms with E-state index in [0.717, 1.165) is 29.7 Å². The Bertz CT molecular complexity index is 1040. The molecule has 8 nitrogen and oxygen atoms in total. The van der Waals surface area contributed by atoms with Crippen LogP contribution in [0.3, 0.4) is 0 Å². The first kappa shape index (κ1) is 23.5. The number of anilines is 1. The maximum absolute atomic E-state index is 12.6. The molecular formula is C23H27N3O5S. The van der Waals surface area contributed by atoms with Crippen LogP contribution < -0.4 is 19.5 Å². The Labute approximate surface area is 191 Å². The number of nitrogens with one attached hydrogen (secondary N) is 1. The highest BCUT2D eigenvalue weighted by Gasteiger charge is 2.18. The minimum atomic E-state index is -0.127. The van der Waals surface area contributed by atoms with E-state index in [1.54, 1.807) is 12.1 Å². The third-order valence-electron chi connectivity index (χ3n) is 4.91. The van der Waals surface area contributed by atoms with Crippen molar-refractivity contribution in [1.82, 2.24) is 10.2 Å². The van der Waals surface area contributed by atoms with Gasteiger partial charge >= 0.3 is 0 Å². The number of carbonyl (C=O) groups excluding carboxylic acids is 1. The molecule has 2 aromatic carbocycles. The Hall–Kier alpha value is -3.20. The summed E-state index contributed by atoms with van der Waals surface area (Å²) < 4.78 is 21.8. The van der Waals surface area contributed by atoms with Crippen LogP contribution in [0.2, 0.25) is 0 Å². The van der Waals surface area contributed by atoms with Crippen LogP contribution >= 0.6 is 11.8 Å². The van der Waals surface area contributed by atoms with Gasteiger partial charge in [-0.1, -0.05) is 43.8 Å². The number of thioether (sulfide) groups is 1. The number of amides is 1. The van der Waals surface area contributed by atoms with Crippen LogP contribution in [-0.4, -0.2) is 43.2 Å². The predicted molar refractivity (Wildman–Crippen MR) is 124 cm³/mol. The van der Waals surface area contributed by atoms with Crippen molar-refractivity contribution < 1.29 is 23.4 Å². The molecule has 170 valence electrons. The lowest BCUT2D eigenvalue weighted by molar-refractivity contribution is -0.113. The van der Waals surface area contributed by atoms with E-state index in [4.69, 9.17) is 18.6 Å². The molecule has 0 spiro atoms. The van der Waals surface area contributed by atoms with Gasteiger partial charge in [0.25, 0.3) is 5.22 Å². The molecular weight excluding hydrogens is 430 g/mol. The van der Waals surface area contributed by atoms with Crippen molar-refractivity contribution in [1.29, 1.82) is 0 Å². The quantitative estimate of drug-likeness (QED) is 0.441. The second-order valence-corrected chi connectivity index (χ2v) is 7.71. The fourth-order valence-corrected chi connectivity index (χ4v) is 3.86. The van der Waals surface area contributed by atoms with Gasteiger partial charge in [-0.05, 0) is 36.1 Å². The standard InChI is InChI=1S/C23H27N3O5S/c1-6-14-9-8-10-15(7-2)20(14)24-19(27)13-32-23-26-25-22(31-23)16-11-17(28-3)21(30-5)18(12-16)29-4/h8-12H,6-7,13H2,1-5H3,(H,24,27). The number of aromatic nitrogens is 2. The van der Waals surface area contributed by atoms with E-state index >= 15 is 0 Å². The zero-order valence-corrected chi connectivity index (χ0v) is 19.7. The Kier molecular flexibility index (Phi) is 7.99. The number of methoxy groups -OCH3 is 3. The molecule has 0 saturated heterocycles. The van der Waals surface area contributed by atoms with Crippen molar-refractivity contribution in [3.8, 4) is 28.7 Å². The van der Waals surface area contributed by atoms with Crippen LogP contribution in [0.1, 0.15) is 25.0 Å². The average Bonchev–Trinajstić information content (AvgIpc) is 3.31. The van der Waals surface area contributed by atoms with E-state index in [-0.39, 0.29) is 17.6 Å². The summed E-state index contributed by atoms with van der Waals surface area (Å²) in [6.45, 7) is 4.14. The van der Waals surface area contributed by atoms with Crippen LogP contribution in [0.5, 0.6) is 17.2 Å². The van der Waals surface area contributed by atoms with Crippen LogP contribution in [0.25, 0.3) is 11.5 Å². The third kappa shape index (κ3) is 5.16. The fourth-order valence-electron chi connectivity index (χ4n) is 3.30. The van der Waals surface area contributed by atoms with E-state index in [0.29, 0.717) is 28.0 Å². The number of rotatable bonds is 10. The van der Waals surface area contributed by atoms with Gasteiger partial charge in [-0.2, -0.15) is 0 Å². The number of aryl methyl sites for hydroxylation is 2. The van der Waals surface area contributed by atoms with Gasteiger partial charge in [0.2, 0.25) is 17.5 Å². The van der Waals surface area contributed by atoms with Crippen molar-refractivity contribution in [3.63, 3.8) is 0 Å². The molecule has 0 unspecified atom stereocenters. The van der Waals surface area contributed by atoms with E-state index in [9.17, 15) is 4.79 Å². The van der Waals surface area contributed by atoms with E-state index in [1.165, 1.54) is 33.1 Å². The average molecular weight is 458 g/mol. The lowest BCUT2D eigenvalue weighted by atomic mass is 10.0. The minimum Gasteiger partial charge on any atom is -0.493 e. The van der Waals surface area contributed by atoms with Crippen LogP contribution in [0.4, 0.5) is 5.69 Å². The molecule has 0 aliphatic rings. The number of carbonyl (C=O) groups is 1. The van der Waals surface area contributed by atoms with E-state index in [2.05, 4.69) is 29.4 Å². The van der Waals surface area contributed by atoms with Crippen LogP contribution in [0.15, 0.2) is 40.0 Å². The number of ether oxygens (including phenoxy) is 3. The summed E-state index contributed by atoms with van der Waals surface area (Å²) in [6, 6.07) is 9.53. The molecule has 0 fully saturated rings. The largest absolute Gasteiger partial charge is 0.493 e. The van der Waals surface area contributed by atoms with Crippen molar-refractivity contribution in [2.45, 2.75) is 31.9 Å². The molecule has 3 rings (SSSR count). The SMILES string of the molecule is CCc1cccc(CC)c1NC(=O)CSc1nnc(-c2cc(OC)c(OC)c(OC)c2)o1. The van der Waals surface area contributed by atoms with Crippen molar-refractivity contribution in [2.24, 2.45) is 0 Å². The monoisotopic (exact) mass is 457 g/mol. The van der Waals surface area contributed by atoms with E-state index in [1.807, 2.05) is 18.2 Å². The number of benzene rings is 2. The molecule has 3 aromatic rings. The first-order valence-corrected chi connectivity index (χ1v) is 11.2. The fraction of sp³-hybridized carbons (Fsp3) is 0.348. The summed E-state index contributed by atoms with van der Waals surface area (Å²) in [5.41, 5.74) is 3.75. The maximum Gasteiger partial charge on any atom is 0.277 e. The zero-order valence-electron chi connectivity index (χ0n) is 18.9. The second kappa shape index (κ2) is 10.9. The molecule has 1 amide bonds. The number of nitrogens with zero attached hydrogens (tertiary/aromatic N) is 2. The lowest BCUT2D eigenvalue weighted by Gasteiger charge is -2.14. The summed E-state index contributed by atoms with van der Waals surface area (Å²) in [6.07, 6.45) is 1.69. The highest BCUT2D eigenvalue weighted by atomic mass is 32.2. The van der Waals surface area contributed by atoms with Gasteiger partial charge in [0.15, 0.2) is 11.5 Å². The number of hydrogen-bond donors (Lipinski definition) is 1. The maximum atomic E-state index is 12.6. The van der Waals surface area contributed by atoms with Crippen molar-refractivity contribution in [3.05, 3.63) is 41.5 Å². The highest BCUT2D eigenvalue weighted by Crippen LogP contribution is 2.41. The normalized spacial score (nSPS) is 10.7. The van der Waals surface area contributed by atoms with Gasteiger partial charge in [0.05, 0.1) is 27.1 Å². The van der Waals surface area contributed by atoms with Gasteiger partial charge in [0.1, 0.15) is 0 Å². The number of para-hydroxylation sites is 1. The summed E-state index contributed by atoms with van der Waals surface area (Å²) >= 11 is 1.18. The Morgan fingerprint density at radius 2 is 1.62 bits per heavy atom. The molecule has 0 aliphatic carbocycles. The molecule has 1 N–H and O–H groups in total. The van der Waals surface area contributed by atoms with Crippen molar-refractivity contribution >= 4 is 23.4 Å². The van der Waals surface area contributed by atoms with Gasteiger partial charge in [-0.3, -0.25) is 4.79 Å². The minimum absolute atomic E-state index is 0.127. The summed E-state index contributed by atoms with van der Waals surface area (Å²) in [7, 11) is 4.61. The molecule has 0 bridgehead atoms. The van der Waals surface area contributed by atoms with Crippen LogP contribution in [-0.2, 0) is 17.6 Å². The van der Waals surface area contributed by atoms with Gasteiger partial charge in [-0.25, -0.2) is 0 Å². The molecule has 32 heavy (non-hydrogen) atoms. The second-order valence-electron chi connectivity index (χ2n) is 6.78. The summed E-state index contributed by atoms with van der Waals surface area (Å²) in [5.74, 6) is 1.75. The highest BCUT2D eigenvalue weighted by molar-refractivity contribution is 7.99. The molecule has 0 atom stereocenters. The smallest absolute Gasteiger partial charge is 0.277 e. The number of hydrogen-bond acceptors (Lipinski definition) is 8. The Morgan fingerprint density at radius 1 is 1.00 bits per heavy atom. The molecule has 1 heterocycles. The Morgan fingerprint density at radius 3 is 2.16 bits per heavy atom. The van der Waals surface area contributed by atoms with Gasteiger partial charge < -0.3 is 23.9 Å². The summed E-state index contributed by atoms with van der Waals surface area (Å²) in [5, 5.41) is 11.5. The van der Waals surface area contributed by atoms with Crippen molar-refractivity contribution in [2.75, 3.05) is 32.4 Å². The molecule has 9 heteroatoms. The summed E-state index contributed by atoms with van der Waals surface area (Å²) in [4.78, 5) is 12.6. The van der Waals surface area contributed by atoms with Gasteiger partial charge in [-0.15, -0.1) is 10.2 Å². The predicted octanol–water partition coefficient (Wildman–Crippen LogP) is 4.62. The first-order chi connectivity index (χ1) is 15.5. The topological polar surface area (TPSA) is 95.7 Å². The molecule has 0 aliphatic heterocycles. The zero-order chi connectivity index (χ0) is 23.1.